The largest absolute Gasteiger partial charge is 0.349 e. The van der Waals surface area contributed by atoms with Crippen molar-refractivity contribution < 1.29 is 9.18 Å². The quantitative estimate of drug-likeness (QED) is 0.454. The molecule has 1 aromatic heterocycles. The number of aryl methyl sites for hydroxylation is 1. The van der Waals surface area contributed by atoms with E-state index in [1.807, 2.05) is 6.33 Å². The van der Waals surface area contributed by atoms with E-state index in [9.17, 15) is 9.18 Å². The third-order valence-electron chi connectivity index (χ3n) is 10.1. The maximum atomic E-state index is 13.2. The minimum absolute atomic E-state index is 0. The standard InChI is InChI=1S/C30H36FN3O.ClH/c1-19-17-34(18-32-19)27-11-10-25-24-9-6-21-16-23(33-28(35)20-4-7-22(31)8-5-20)12-14-29(21,2)26(24)13-15-30(25,27)3;/h4-8,11,17-18,23-26H,9-10,12-16H2,1-3H3,(H,33,35);1H/t23-,24?,25?,26?,29-,30-;/m0./s1. The van der Waals surface area contributed by atoms with Crippen LogP contribution in [0.3, 0.4) is 0 Å². The van der Waals surface area contributed by atoms with Crippen LogP contribution in [0.15, 0.2) is 54.5 Å². The Labute approximate surface area is 219 Å². The second kappa shape index (κ2) is 9.16. The Morgan fingerprint density at radius 3 is 2.53 bits per heavy atom. The molecule has 2 aromatic rings. The number of allylic oxidation sites excluding steroid dienone is 3. The topological polar surface area (TPSA) is 46.9 Å². The molecule has 6 rings (SSSR count). The first-order valence-corrected chi connectivity index (χ1v) is 13.3. The zero-order chi connectivity index (χ0) is 24.4. The molecule has 0 aliphatic heterocycles. The molecule has 36 heavy (non-hydrogen) atoms. The van der Waals surface area contributed by atoms with Crippen LogP contribution in [-0.4, -0.2) is 21.5 Å². The number of carbonyl (C=O) groups is 1. The minimum Gasteiger partial charge on any atom is -0.349 e. The summed E-state index contributed by atoms with van der Waals surface area (Å²) in [5.74, 6) is 1.70. The molecular formula is C30H37ClFN3O. The van der Waals surface area contributed by atoms with E-state index in [2.05, 4.69) is 54.0 Å². The molecule has 1 heterocycles. The van der Waals surface area contributed by atoms with Crippen molar-refractivity contribution in [3.63, 3.8) is 0 Å². The molecule has 4 nitrogen and oxygen atoms in total. The van der Waals surface area contributed by atoms with Gasteiger partial charge < -0.3 is 9.88 Å². The summed E-state index contributed by atoms with van der Waals surface area (Å²) in [6, 6.07) is 5.99. The molecule has 2 saturated carbocycles. The molecule has 1 N–H and O–H groups in total. The molecule has 0 bridgehead atoms. The SMILES string of the molecule is Cc1cn(C2=CCC3C4CC=C5C[C@@H](NC(=O)c6ccc(F)cc6)CC[C@]5(C)C4CC[C@]23C)cn1.Cl. The Hall–Kier alpha value is -2.40. The number of fused-ring (bicyclic) bond motifs is 5. The van der Waals surface area contributed by atoms with Crippen molar-refractivity contribution in [2.75, 3.05) is 0 Å². The molecule has 192 valence electrons. The van der Waals surface area contributed by atoms with Crippen LogP contribution in [-0.2, 0) is 0 Å². The van der Waals surface area contributed by atoms with Crippen LogP contribution < -0.4 is 5.32 Å². The van der Waals surface area contributed by atoms with E-state index in [-0.39, 0.29) is 41.0 Å². The van der Waals surface area contributed by atoms with Crippen LogP contribution in [0.4, 0.5) is 4.39 Å². The first kappa shape index (κ1) is 25.3. The third-order valence-corrected chi connectivity index (χ3v) is 10.1. The lowest BCUT2D eigenvalue weighted by atomic mass is 9.47. The number of carbonyl (C=O) groups excluding carboxylic acids is 1. The Morgan fingerprint density at radius 2 is 1.81 bits per heavy atom. The molecule has 0 radical (unpaired) electrons. The number of nitrogens with one attached hydrogen (secondary N) is 1. The number of amides is 1. The second-order valence-corrected chi connectivity index (χ2v) is 11.9. The van der Waals surface area contributed by atoms with Crippen LogP contribution >= 0.6 is 12.4 Å². The Morgan fingerprint density at radius 1 is 1.06 bits per heavy atom. The number of hydrogen-bond acceptors (Lipinski definition) is 2. The van der Waals surface area contributed by atoms with Crippen LogP contribution in [0.2, 0.25) is 0 Å². The van der Waals surface area contributed by atoms with Gasteiger partial charge >= 0.3 is 0 Å². The van der Waals surface area contributed by atoms with Gasteiger partial charge in [-0.3, -0.25) is 4.79 Å². The Balaban J connectivity index is 0.00000267. The molecule has 4 aliphatic rings. The normalized spacial score (nSPS) is 34.9. The van der Waals surface area contributed by atoms with E-state index in [0.717, 1.165) is 31.4 Å². The maximum Gasteiger partial charge on any atom is 0.251 e. The molecular weight excluding hydrogens is 473 g/mol. The van der Waals surface area contributed by atoms with Crippen molar-refractivity contribution in [2.24, 2.45) is 28.6 Å². The van der Waals surface area contributed by atoms with Crippen molar-refractivity contribution in [3.05, 3.63) is 71.6 Å². The number of nitrogens with zero attached hydrogens (tertiary/aromatic N) is 2. The predicted octanol–water partition coefficient (Wildman–Crippen LogP) is 6.96. The minimum atomic E-state index is -0.315. The van der Waals surface area contributed by atoms with Crippen LogP contribution in [0.5, 0.6) is 0 Å². The zero-order valence-corrected chi connectivity index (χ0v) is 22.3. The predicted molar refractivity (Wildman–Crippen MR) is 143 cm³/mol. The molecule has 6 heteroatoms. The average Bonchev–Trinajstić information content (AvgIpc) is 3.42. The Kier molecular flexibility index (Phi) is 6.43. The highest BCUT2D eigenvalue weighted by molar-refractivity contribution is 5.94. The molecule has 1 aromatic carbocycles. The van der Waals surface area contributed by atoms with Gasteiger partial charge in [-0.05, 0) is 99.3 Å². The van der Waals surface area contributed by atoms with Crippen molar-refractivity contribution in [1.29, 1.82) is 0 Å². The van der Waals surface area contributed by atoms with Gasteiger partial charge in [0.05, 0.1) is 12.0 Å². The summed E-state index contributed by atoms with van der Waals surface area (Å²) in [6.45, 7) is 7.06. The monoisotopic (exact) mass is 509 g/mol. The van der Waals surface area contributed by atoms with E-state index < -0.39 is 0 Å². The smallest absolute Gasteiger partial charge is 0.251 e. The van der Waals surface area contributed by atoms with Gasteiger partial charge in [-0.15, -0.1) is 12.4 Å². The summed E-state index contributed by atoms with van der Waals surface area (Å²) in [5, 5.41) is 3.23. The van der Waals surface area contributed by atoms with Crippen LogP contribution in [0.25, 0.3) is 5.70 Å². The highest BCUT2D eigenvalue weighted by Gasteiger charge is 2.57. The molecule has 2 fully saturated rings. The fraction of sp³-hybridized carbons (Fsp3) is 0.533. The molecule has 0 saturated heterocycles. The first-order chi connectivity index (χ1) is 16.8. The summed E-state index contributed by atoms with van der Waals surface area (Å²) in [7, 11) is 0. The number of halogens is 2. The van der Waals surface area contributed by atoms with E-state index in [1.54, 1.807) is 17.7 Å². The third kappa shape index (κ3) is 3.95. The maximum absolute atomic E-state index is 13.2. The lowest BCUT2D eigenvalue weighted by Gasteiger charge is -2.58. The van der Waals surface area contributed by atoms with E-state index in [1.165, 1.54) is 37.1 Å². The number of benzene rings is 1. The van der Waals surface area contributed by atoms with Crippen LogP contribution in [0.1, 0.15) is 74.8 Å². The number of imidazole rings is 1. The highest BCUT2D eigenvalue weighted by Crippen LogP contribution is 2.65. The van der Waals surface area contributed by atoms with Gasteiger partial charge in [0.2, 0.25) is 0 Å². The van der Waals surface area contributed by atoms with Gasteiger partial charge in [0.25, 0.3) is 5.91 Å². The van der Waals surface area contributed by atoms with Gasteiger partial charge in [0, 0.05) is 28.9 Å². The van der Waals surface area contributed by atoms with Gasteiger partial charge in [-0.1, -0.05) is 31.6 Å². The fourth-order valence-electron chi connectivity index (χ4n) is 8.15. The lowest BCUT2D eigenvalue weighted by molar-refractivity contribution is -0.0137. The number of rotatable bonds is 3. The lowest BCUT2D eigenvalue weighted by Crippen LogP contribution is -2.51. The van der Waals surface area contributed by atoms with Crippen LogP contribution in [0, 0.1) is 41.3 Å². The van der Waals surface area contributed by atoms with Gasteiger partial charge in [0.1, 0.15) is 5.82 Å². The van der Waals surface area contributed by atoms with Crippen molar-refractivity contribution in [2.45, 2.75) is 71.8 Å². The van der Waals surface area contributed by atoms with Gasteiger partial charge in [-0.25, -0.2) is 9.37 Å². The van der Waals surface area contributed by atoms with Crippen molar-refractivity contribution in [1.82, 2.24) is 14.9 Å². The average molecular weight is 510 g/mol. The van der Waals surface area contributed by atoms with E-state index in [0.29, 0.717) is 23.3 Å². The zero-order valence-electron chi connectivity index (χ0n) is 21.5. The summed E-state index contributed by atoms with van der Waals surface area (Å²) >= 11 is 0. The van der Waals surface area contributed by atoms with E-state index in [4.69, 9.17) is 0 Å². The van der Waals surface area contributed by atoms with Crippen molar-refractivity contribution in [3.8, 4) is 0 Å². The molecule has 1 amide bonds. The summed E-state index contributed by atoms with van der Waals surface area (Å²) in [5.41, 5.74) is 5.06. The number of hydrogen-bond donors (Lipinski definition) is 1. The van der Waals surface area contributed by atoms with Gasteiger partial charge in [-0.2, -0.15) is 0 Å². The van der Waals surface area contributed by atoms with Crippen molar-refractivity contribution >= 4 is 24.0 Å². The first-order valence-electron chi connectivity index (χ1n) is 13.3. The summed E-state index contributed by atoms with van der Waals surface area (Å²) < 4.78 is 15.5. The molecule has 4 aliphatic carbocycles. The second-order valence-electron chi connectivity index (χ2n) is 11.9. The number of aromatic nitrogens is 2. The molecule has 0 spiro atoms. The Bertz CT molecular complexity index is 1220. The molecule has 3 unspecified atom stereocenters. The fourth-order valence-corrected chi connectivity index (χ4v) is 8.15. The molecule has 6 atom stereocenters. The summed E-state index contributed by atoms with van der Waals surface area (Å²) in [4.78, 5) is 17.2. The van der Waals surface area contributed by atoms with Gasteiger partial charge in [0.15, 0.2) is 0 Å². The van der Waals surface area contributed by atoms with E-state index >= 15 is 0 Å². The highest BCUT2D eigenvalue weighted by atomic mass is 35.5. The summed E-state index contributed by atoms with van der Waals surface area (Å²) in [6.07, 6.45) is 17.1.